The molecular weight excluding hydrogens is 151 g/mol. The summed E-state index contributed by atoms with van der Waals surface area (Å²) in [4.78, 5) is 0. The Morgan fingerprint density at radius 1 is 1.50 bits per heavy atom. The Kier molecular flexibility index (Phi) is 3.60. The lowest BCUT2D eigenvalue weighted by Crippen LogP contribution is -2.42. The van der Waals surface area contributed by atoms with Crippen LogP contribution in [0.5, 0.6) is 0 Å². The van der Waals surface area contributed by atoms with Gasteiger partial charge in [0.05, 0.1) is 0 Å². The second kappa shape index (κ2) is 4.29. The van der Waals surface area contributed by atoms with Crippen LogP contribution in [0.4, 0.5) is 0 Å². The van der Waals surface area contributed by atoms with Crippen molar-refractivity contribution in [2.75, 3.05) is 6.61 Å². The van der Waals surface area contributed by atoms with E-state index in [1.165, 1.54) is 0 Å². The molecule has 0 aliphatic carbocycles. The summed E-state index contributed by atoms with van der Waals surface area (Å²) in [6.45, 7) is 9.54. The summed E-state index contributed by atoms with van der Waals surface area (Å²) in [6, 6.07) is 0. The van der Waals surface area contributed by atoms with Gasteiger partial charge in [0.2, 0.25) is 0 Å². The molecule has 1 aliphatic rings. The van der Waals surface area contributed by atoms with E-state index >= 15 is 0 Å². The molecule has 70 valence electrons. The molecule has 12 heavy (non-hydrogen) atoms. The van der Waals surface area contributed by atoms with Crippen LogP contribution in [0.15, 0.2) is 0 Å². The van der Waals surface area contributed by atoms with Crippen LogP contribution in [-0.2, 0) is 9.31 Å². The van der Waals surface area contributed by atoms with E-state index in [-0.39, 0.29) is 7.12 Å². The Morgan fingerprint density at radius 3 is 2.58 bits per heavy atom. The second-order valence-electron chi connectivity index (χ2n) is 3.92. The molecule has 0 aromatic heterocycles. The highest BCUT2D eigenvalue weighted by molar-refractivity contribution is 6.44. The Hall–Kier alpha value is -0.0151. The fourth-order valence-corrected chi connectivity index (χ4v) is 1.68. The minimum Gasteiger partial charge on any atom is -0.411 e. The maximum absolute atomic E-state index is 5.69. The largest absolute Gasteiger partial charge is 0.456 e. The summed E-state index contributed by atoms with van der Waals surface area (Å²) < 4.78 is 11.2. The fraction of sp³-hybridized carbons (Fsp3) is 1.00. The van der Waals surface area contributed by atoms with Gasteiger partial charge in [-0.05, 0) is 19.2 Å². The molecule has 0 amide bonds. The molecule has 2 nitrogen and oxygen atoms in total. The highest BCUT2D eigenvalue weighted by Gasteiger charge is 2.32. The molecule has 3 heteroatoms. The third-order valence-corrected chi connectivity index (χ3v) is 2.63. The smallest absolute Gasteiger partial charge is 0.411 e. The van der Waals surface area contributed by atoms with Crippen molar-refractivity contribution in [3.8, 4) is 0 Å². The summed E-state index contributed by atoms with van der Waals surface area (Å²) in [5.41, 5.74) is 0. The molecule has 1 aliphatic heterocycles. The van der Waals surface area contributed by atoms with Crippen LogP contribution in [0.3, 0.4) is 0 Å². The van der Waals surface area contributed by atoms with E-state index in [2.05, 4.69) is 27.7 Å². The molecule has 1 saturated heterocycles. The Labute approximate surface area is 75.8 Å². The first kappa shape index (κ1) is 10.1. The lowest BCUT2D eigenvalue weighted by molar-refractivity contribution is 0.00279. The average Bonchev–Trinajstić information content (AvgIpc) is 2.03. The summed E-state index contributed by atoms with van der Waals surface area (Å²) >= 11 is 0. The lowest BCUT2D eigenvalue weighted by atomic mass is 9.80. The third-order valence-electron chi connectivity index (χ3n) is 2.63. The van der Waals surface area contributed by atoms with Gasteiger partial charge < -0.3 is 9.31 Å². The number of rotatable bonds is 2. The Bertz CT molecular complexity index is 138. The molecule has 0 aromatic rings. The fourth-order valence-electron chi connectivity index (χ4n) is 1.68. The van der Waals surface area contributed by atoms with E-state index in [1.54, 1.807) is 0 Å². The van der Waals surface area contributed by atoms with Crippen LogP contribution in [-0.4, -0.2) is 19.8 Å². The minimum atomic E-state index is 0.0370. The molecule has 0 spiro atoms. The lowest BCUT2D eigenvalue weighted by Gasteiger charge is -2.35. The van der Waals surface area contributed by atoms with Crippen molar-refractivity contribution in [1.29, 1.82) is 0 Å². The molecule has 0 N–H and O–H groups in total. The molecular formula is C9H19BO2. The predicted molar refractivity (Wildman–Crippen MR) is 51.1 cm³/mol. The van der Waals surface area contributed by atoms with Crippen molar-refractivity contribution in [3.63, 3.8) is 0 Å². The van der Waals surface area contributed by atoms with Crippen molar-refractivity contribution >= 4 is 7.12 Å². The van der Waals surface area contributed by atoms with Gasteiger partial charge in [0.25, 0.3) is 0 Å². The van der Waals surface area contributed by atoms with Crippen LogP contribution in [0.1, 0.15) is 27.7 Å². The van der Waals surface area contributed by atoms with Crippen molar-refractivity contribution in [3.05, 3.63) is 0 Å². The number of hydrogen-bond donors (Lipinski definition) is 0. The van der Waals surface area contributed by atoms with Crippen LogP contribution < -0.4 is 0 Å². The molecule has 0 unspecified atom stereocenters. The van der Waals surface area contributed by atoms with Crippen LogP contribution in [0.25, 0.3) is 0 Å². The molecule has 1 rings (SSSR count). The molecule has 0 radical (unpaired) electrons. The molecule has 0 saturated carbocycles. The van der Waals surface area contributed by atoms with Crippen LogP contribution in [0, 0.1) is 11.8 Å². The van der Waals surface area contributed by atoms with E-state index in [1.807, 2.05) is 0 Å². The maximum Gasteiger partial charge on any atom is 0.456 e. The van der Waals surface area contributed by atoms with Gasteiger partial charge in [-0.25, -0.2) is 0 Å². The maximum atomic E-state index is 5.69. The van der Waals surface area contributed by atoms with Crippen LogP contribution in [0.2, 0.25) is 6.32 Å². The van der Waals surface area contributed by atoms with Crippen molar-refractivity contribution in [2.45, 2.75) is 40.1 Å². The third kappa shape index (κ3) is 2.24. The average molecular weight is 170 g/mol. The normalized spacial score (nSPS) is 31.2. The summed E-state index contributed by atoms with van der Waals surface area (Å²) in [5.74, 6) is 1.21. The summed E-state index contributed by atoms with van der Waals surface area (Å²) in [5, 5.41) is 0. The van der Waals surface area contributed by atoms with E-state index in [0.29, 0.717) is 17.9 Å². The van der Waals surface area contributed by atoms with Gasteiger partial charge in [-0.3, -0.25) is 0 Å². The highest BCUT2D eigenvalue weighted by Crippen LogP contribution is 2.24. The van der Waals surface area contributed by atoms with Crippen molar-refractivity contribution < 1.29 is 9.31 Å². The zero-order chi connectivity index (χ0) is 9.14. The van der Waals surface area contributed by atoms with E-state index < -0.39 is 0 Å². The quantitative estimate of drug-likeness (QED) is 0.591. The Balaban J connectivity index is 2.42. The first-order valence-electron chi connectivity index (χ1n) is 4.92. The highest BCUT2D eigenvalue weighted by atomic mass is 16.6. The first-order chi connectivity index (χ1) is 5.65. The van der Waals surface area contributed by atoms with E-state index in [4.69, 9.17) is 9.31 Å². The van der Waals surface area contributed by atoms with Gasteiger partial charge in [-0.1, -0.05) is 20.8 Å². The van der Waals surface area contributed by atoms with Gasteiger partial charge in [0.15, 0.2) is 0 Å². The standard InChI is InChI=1S/C9H19BO2/c1-5-10-11-6-9(7(2)3)8(4)12-10/h7-9H,5-6H2,1-4H3/t8-,9+/m1/s1. The van der Waals surface area contributed by atoms with E-state index in [0.717, 1.165) is 12.9 Å². The molecule has 0 aromatic carbocycles. The van der Waals surface area contributed by atoms with Gasteiger partial charge in [0, 0.05) is 18.6 Å². The SMILES string of the molecule is CCB1OC[C@@H](C(C)C)[C@@H](C)O1. The first-order valence-corrected chi connectivity index (χ1v) is 4.92. The minimum absolute atomic E-state index is 0.0370. The molecule has 2 atom stereocenters. The second-order valence-corrected chi connectivity index (χ2v) is 3.92. The topological polar surface area (TPSA) is 18.5 Å². The van der Waals surface area contributed by atoms with Gasteiger partial charge in [0.1, 0.15) is 0 Å². The zero-order valence-corrected chi connectivity index (χ0v) is 8.54. The number of hydrogen-bond acceptors (Lipinski definition) is 2. The van der Waals surface area contributed by atoms with Crippen LogP contribution >= 0.6 is 0 Å². The van der Waals surface area contributed by atoms with Gasteiger partial charge >= 0.3 is 7.12 Å². The zero-order valence-electron chi connectivity index (χ0n) is 8.54. The van der Waals surface area contributed by atoms with Crippen molar-refractivity contribution in [1.82, 2.24) is 0 Å². The summed E-state index contributed by atoms with van der Waals surface area (Å²) in [7, 11) is 0.0370. The Morgan fingerprint density at radius 2 is 2.17 bits per heavy atom. The van der Waals surface area contributed by atoms with E-state index in [9.17, 15) is 0 Å². The van der Waals surface area contributed by atoms with Crippen molar-refractivity contribution in [2.24, 2.45) is 11.8 Å². The molecule has 1 fully saturated rings. The van der Waals surface area contributed by atoms with Gasteiger partial charge in [-0.15, -0.1) is 0 Å². The summed E-state index contributed by atoms with van der Waals surface area (Å²) in [6.07, 6.45) is 1.30. The molecule has 0 bridgehead atoms. The molecule has 1 heterocycles. The monoisotopic (exact) mass is 170 g/mol. The predicted octanol–water partition coefficient (Wildman–Crippen LogP) is 2.20. The van der Waals surface area contributed by atoms with Gasteiger partial charge in [-0.2, -0.15) is 0 Å².